The van der Waals surface area contributed by atoms with Crippen LogP contribution in [0.1, 0.15) is 5.69 Å². The van der Waals surface area contributed by atoms with Crippen LogP contribution in [0.5, 0.6) is 0 Å². The summed E-state index contributed by atoms with van der Waals surface area (Å²) < 4.78 is 0. The Morgan fingerprint density at radius 3 is 2.90 bits per heavy atom. The largest absolute Gasteiger partial charge is 0.481 e. The number of carboxylic acid groups (broad SMARTS) is 1. The van der Waals surface area contributed by atoms with E-state index in [1.54, 1.807) is 0 Å². The smallest absolute Gasteiger partial charge is 0.309 e. The van der Waals surface area contributed by atoms with E-state index in [2.05, 4.69) is 4.98 Å². The molecule has 5 heteroatoms. The maximum atomic E-state index is 10.4. The highest BCUT2D eigenvalue weighted by Crippen LogP contribution is 1.95. The van der Waals surface area contributed by atoms with Gasteiger partial charge in [0.25, 0.3) is 0 Å². The highest BCUT2D eigenvalue weighted by molar-refractivity contribution is 7.07. The van der Waals surface area contributed by atoms with Crippen molar-refractivity contribution in [3.8, 4) is 0 Å². The minimum Gasteiger partial charge on any atom is -0.481 e. The number of aromatic nitrogens is 1. The van der Waals surface area contributed by atoms with Crippen molar-refractivity contribution in [1.29, 1.82) is 0 Å². The number of aliphatic carboxylic acids is 1. The van der Waals surface area contributed by atoms with Crippen molar-refractivity contribution >= 4 is 17.3 Å². The molecule has 1 rings (SSSR count). The number of aromatic amines is 1. The van der Waals surface area contributed by atoms with Gasteiger partial charge >= 0.3 is 10.8 Å². The molecule has 54 valence electrons. The number of hydrogen-bond acceptors (Lipinski definition) is 3. The molecule has 0 aliphatic heterocycles. The maximum absolute atomic E-state index is 10.4. The lowest BCUT2D eigenvalue weighted by molar-refractivity contribution is -0.136. The summed E-state index contributed by atoms with van der Waals surface area (Å²) in [7, 11) is 0. The van der Waals surface area contributed by atoms with Gasteiger partial charge in [0.15, 0.2) is 0 Å². The van der Waals surface area contributed by atoms with Crippen molar-refractivity contribution in [2.24, 2.45) is 0 Å². The predicted molar refractivity (Wildman–Crippen MR) is 36.3 cm³/mol. The Balaban J connectivity index is 2.76. The average Bonchev–Trinajstić information content (AvgIpc) is 2.13. The van der Waals surface area contributed by atoms with Gasteiger partial charge in [0.05, 0.1) is 6.42 Å². The van der Waals surface area contributed by atoms with Crippen molar-refractivity contribution in [3.05, 3.63) is 20.7 Å². The maximum Gasteiger partial charge on any atom is 0.309 e. The van der Waals surface area contributed by atoms with Crippen LogP contribution in [0.4, 0.5) is 0 Å². The molecule has 10 heavy (non-hydrogen) atoms. The van der Waals surface area contributed by atoms with Crippen LogP contribution in [-0.2, 0) is 11.2 Å². The van der Waals surface area contributed by atoms with Crippen LogP contribution in [-0.4, -0.2) is 16.1 Å². The molecule has 0 aliphatic carbocycles. The monoisotopic (exact) mass is 159 g/mol. The normalized spacial score (nSPS) is 9.60. The fraction of sp³-hybridized carbons (Fsp3) is 0.200. The zero-order valence-corrected chi connectivity index (χ0v) is 5.77. The van der Waals surface area contributed by atoms with Gasteiger partial charge in [-0.05, 0) is 0 Å². The number of H-pyrrole nitrogens is 1. The number of carbonyl (C=O) groups is 1. The minimum absolute atomic E-state index is 0.112. The first-order chi connectivity index (χ1) is 4.68. The van der Waals surface area contributed by atoms with Gasteiger partial charge in [-0.3, -0.25) is 9.59 Å². The lowest BCUT2D eigenvalue weighted by atomic mass is 10.3. The molecule has 0 spiro atoms. The Morgan fingerprint density at radius 2 is 2.50 bits per heavy atom. The lowest BCUT2D eigenvalue weighted by Gasteiger charge is -1.85. The van der Waals surface area contributed by atoms with E-state index in [0.29, 0.717) is 5.69 Å². The molecular weight excluding hydrogens is 154 g/mol. The van der Waals surface area contributed by atoms with Gasteiger partial charge in [-0.15, -0.1) is 0 Å². The number of carboxylic acids is 1. The fourth-order valence-electron chi connectivity index (χ4n) is 0.563. The molecule has 1 aromatic rings. The molecule has 4 nitrogen and oxygen atoms in total. The van der Waals surface area contributed by atoms with E-state index in [1.165, 1.54) is 5.38 Å². The van der Waals surface area contributed by atoms with Crippen LogP contribution in [0, 0.1) is 0 Å². The van der Waals surface area contributed by atoms with Crippen molar-refractivity contribution in [3.63, 3.8) is 0 Å². The lowest BCUT2D eigenvalue weighted by Crippen LogP contribution is -2.02. The number of thiazole rings is 1. The van der Waals surface area contributed by atoms with Crippen LogP contribution < -0.4 is 4.87 Å². The number of hydrogen-bond donors (Lipinski definition) is 2. The third kappa shape index (κ3) is 1.70. The van der Waals surface area contributed by atoms with E-state index in [0.717, 1.165) is 11.3 Å². The summed E-state index contributed by atoms with van der Waals surface area (Å²) in [4.78, 5) is 22.7. The molecule has 0 amide bonds. The van der Waals surface area contributed by atoms with Gasteiger partial charge in [0, 0.05) is 11.1 Å². The summed E-state index contributed by atoms with van der Waals surface area (Å²) in [5, 5.41) is 9.77. The summed E-state index contributed by atoms with van der Waals surface area (Å²) in [6.45, 7) is 0. The van der Waals surface area contributed by atoms with Crippen LogP contribution in [0.15, 0.2) is 10.2 Å². The van der Waals surface area contributed by atoms with Gasteiger partial charge in [0.2, 0.25) is 0 Å². The molecule has 0 aliphatic rings. The minimum atomic E-state index is -0.936. The van der Waals surface area contributed by atoms with Gasteiger partial charge < -0.3 is 10.1 Å². The molecule has 0 saturated heterocycles. The SMILES string of the molecule is O=C(O)Cc1csc(=O)[nH]1. The zero-order valence-electron chi connectivity index (χ0n) is 4.96. The van der Waals surface area contributed by atoms with Crippen molar-refractivity contribution in [1.82, 2.24) is 4.98 Å². The molecule has 0 aromatic carbocycles. The Morgan fingerprint density at radius 1 is 1.80 bits per heavy atom. The third-order valence-electron chi connectivity index (χ3n) is 0.913. The zero-order chi connectivity index (χ0) is 7.56. The third-order valence-corrected chi connectivity index (χ3v) is 1.63. The fourth-order valence-corrected chi connectivity index (χ4v) is 1.15. The van der Waals surface area contributed by atoms with Gasteiger partial charge in [-0.1, -0.05) is 11.3 Å². The van der Waals surface area contributed by atoms with E-state index in [1.807, 2.05) is 0 Å². The van der Waals surface area contributed by atoms with Gasteiger partial charge in [-0.25, -0.2) is 0 Å². The quantitative estimate of drug-likeness (QED) is 0.641. The van der Waals surface area contributed by atoms with Crippen molar-refractivity contribution in [2.45, 2.75) is 6.42 Å². The van der Waals surface area contributed by atoms with E-state index in [9.17, 15) is 9.59 Å². The van der Waals surface area contributed by atoms with Crippen molar-refractivity contribution in [2.75, 3.05) is 0 Å². The molecule has 0 radical (unpaired) electrons. The molecule has 1 heterocycles. The molecule has 0 bridgehead atoms. The average molecular weight is 159 g/mol. The number of rotatable bonds is 2. The highest BCUT2D eigenvalue weighted by Gasteiger charge is 2.00. The molecule has 0 unspecified atom stereocenters. The first kappa shape index (κ1) is 7.01. The Bertz CT molecular complexity index is 287. The van der Waals surface area contributed by atoms with Gasteiger partial charge in [-0.2, -0.15) is 0 Å². The standard InChI is InChI=1S/C5H5NO3S/c7-4(8)1-3-2-10-5(9)6-3/h2H,1H2,(H,6,9)(H,7,8). The molecule has 0 saturated carbocycles. The molecule has 2 N–H and O–H groups in total. The van der Waals surface area contributed by atoms with E-state index in [4.69, 9.17) is 5.11 Å². The van der Waals surface area contributed by atoms with Crippen LogP contribution in [0.3, 0.4) is 0 Å². The first-order valence-electron chi connectivity index (χ1n) is 2.57. The van der Waals surface area contributed by atoms with Gasteiger partial charge in [0.1, 0.15) is 0 Å². The summed E-state index contributed by atoms with van der Waals surface area (Å²) >= 11 is 0.972. The predicted octanol–water partition coefficient (Wildman–Crippen LogP) is 0.0635. The van der Waals surface area contributed by atoms with E-state index >= 15 is 0 Å². The van der Waals surface area contributed by atoms with Crippen LogP contribution >= 0.6 is 11.3 Å². The van der Waals surface area contributed by atoms with Crippen molar-refractivity contribution < 1.29 is 9.90 Å². The summed E-state index contributed by atoms with van der Waals surface area (Å²) in [6, 6.07) is 0. The second kappa shape index (κ2) is 2.66. The van der Waals surface area contributed by atoms with Crippen LogP contribution in [0.25, 0.3) is 0 Å². The Kier molecular flexibility index (Phi) is 1.86. The molecular formula is C5H5NO3S. The highest BCUT2D eigenvalue weighted by atomic mass is 32.1. The second-order valence-corrected chi connectivity index (χ2v) is 2.59. The molecule has 0 atom stereocenters. The summed E-state index contributed by atoms with van der Waals surface area (Å²) in [5.74, 6) is -0.936. The first-order valence-corrected chi connectivity index (χ1v) is 3.45. The topological polar surface area (TPSA) is 70.2 Å². The van der Waals surface area contributed by atoms with E-state index < -0.39 is 5.97 Å². The molecule has 1 aromatic heterocycles. The Labute approximate surface area is 60.1 Å². The Hall–Kier alpha value is -1.10. The summed E-state index contributed by atoms with van der Waals surface area (Å²) in [6.07, 6.45) is -0.112. The van der Waals surface area contributed by atoms with Crippen LogP contribution in [0.2, 0.25) is 0 Å². The van der Waals surface area contributed by atoms with E-state index in [-0.39, 0.29) is 11.3 Å². The molecule has 0 fully saturated rings. The number of nitrogens with one attached hydrogen (secondary N) is 1. The summed E-state index contributed by atoms with van der Waals surface area (Å²) in [5.41, 5.74) is 0.461. The second-order valence-electron chi connectivity index (χ2n) is 1.74.